The second-order valence-electron chi connectivity index (χ2n) is 11.6. The van der Waals surface area contributed by atoms with Crippen LogP contribution in [-0.4, -0.2) is 31.8 Å². The zero-order chi connectivity index (χ0) is 33.4. The highest BCUT2D eigenvalue weighted by atomic mass is 16.5. The monoisotopic (exact) mass is 644 g/mol. The highest BCUT2D eigenvalue weighted by Gasteiger charge is 2.09. The predicted octanol–water partition coefficient (Wildman–Crippen LogP) is 10.1. The first-order chi connectivity index (χ1) is 23.1. The lowest BCUT2D eigenvalue weighted by molar-refractivity contribution is -0.137. The zero-order valence-corrected chi connectivity index (χ0v) is 28.1. The summed E-state index contributed by atoms with van der Waals surface area (Å²) in [5, 5.41) is 0. The minimum atomic E-state index is -0.413. The number of ether oxygens (including phenoxy) is 5. The van der Waals surface area contributed by atoms with Crippen molar-refractivity contribution in [2.24, 2.45) is 0 Å². The molecule has 0 aliphatic rings. The maximum absolute atomic E-state index is 12.7. The molecule has 0 unspecified atom stereocenters. The van der Waals surface area contributed by atoms with Crippen molar-refractivity contribution < 1.29 is 33.3 Å². The first kappa shape index (κ1) is 37.2. The van der Waals surface area contributed by atoms with Crippen LogP contribution in [0.15, 0.2) is 85.5 Å². The highest BCUT2D eigenvalue weighted by molar-refractivity contribution is 5.91. The van der Waals surface area contributed by atoms with Crippen molar-refractivity contribution in [1.29, 1.82) is 0 Å². The van der Waals surface area contributed by atoms with E-state index in [0.717, 1.165) is 61.5 Å². The standard InChI is InChI=1S/C40H52O7/c1-3-5-6-14-29-44-36-25-27-37(28-26-36)46-32-33-17-21-38(22-18-33)47-40(42)34-19-23-35(24-20-34)43-30-15-12-10-8-7-9-11-13-16-31-45-39(41)4-2/h4,17-28H,2-3,5-16,29-32H2,1H3. The van der Waals surface area contributed by atoms with Crippen LogP contribution < -0.4 is 18.9 Å². The topological polar surface area (TPSA) is 80.3 Å². The second-order valence-corrected chi connectivity index (χ2v) is 11.6. The van der Waals surface area contributed by atoms with Crippen molar-refractivity contribution in [1.82, 2.24) is 0 Å². The lowest BCUT2D eigenvalue weighted by atomic mass is 10.1. The molecule has 0 bridgehead atoms. The quantitative estimate of drug-likeness (QED) is 0.0393. The van der Waals surface area contributed by atoms with Gasteiger partial charge in [-0.25, -0.2) is 9.59 Å². The Labute approximate surface area is 281 Å². The molecule has 3 aromatic carbocycles. The molecule has 0 aromatic heterocycles. The van der Waals surface area contributed by atoms with E-state index in [1.807, 2.05) is 48.5 Å². The van der Waals surface area contributed by atoms with Crippen molar-refractivity contribution in [2.75, 3.05) is 19.8 Å². The van der Waals surface area contributed by atoms with Crippen LogP contribution in [0, 0.1) is 0 Å². The van der Waals surface area contributed by atoms with E-state index in [2.05, 4.69) is 13.5 Å². The molecule has 0 heterocycles. The minimum Gasteiger partial charge on any atom is -0.494 e. The fourth-order valence-electron chi connectivity index (χ4n) is 4.89. The summed E-state index contributed by atoms with van der Waals surface area (Å²) in [7, 11) is 0. The molecule has 3 rings (SSSR count). The van der Waals surface area contributed by atoms with E-state index in [1.54, 1.807) is 24.3 Å². The molecule has 0 fully saturated rings. The molecule has 0 radical (unpaired) electrons. The van der Waals surface area contributed by atoms with E-state index in [1.165, 1.54) is 57.4 Å². The van der Waals surface area contributed by atoms with Crippen molar-refractivity contribution in [3.05, 3.63) is 96.6 Å². The number of unbranched alkanes of at least 4 members (excludes halogenated alkanes) is 11. The number of benzene rings is 3. The summed E-state index contributed by atoms with van der Waals surface area (Å²) >= 11 is 0. The Bertz CT molecular complexity index is 1280. The summed E-state index contributed by atoms with van der Waals surface area (Å²) in [5.41, 5.74) is 1.44. The van der Waals surface area contributed by atoms with Gasteiger partial charge in [0.25, 0.3) is 0 Å². The molecule has 47 heavy (non-hydrogen) atoms. The Balaban J connectivity index is 1.24. The molecule has 0 amide bonds. The summed E-state index contributed by atoms with van der Waals surface area (Å²) in [6.45, 7) is 7.88. The number of carbonyl (C=O) groups is 2. The summed E-state index contributed by atoms with van der Waals surface area (Å²) in [4.78, 5) is 23.6. The molecular weight excluding hydrogens is 592 g/mol. The van der Waals surface area contributed by atoms with E-state index in [4.69, 9.17) is 23.7 Å². The van der Waals surface area contributed by atoms with Gasteiger partial charge in [-0.05, 0) is 85.5 Å². The zero-order valence-electron chi connectivity index (χ0n) is 28.1. The van der Waals surface area contributed by atoms with Crippen LogP contribution in [0.2, 0.25) is 0 Å². The fraction of sp³-hybridized carbons (Fsp3) is 0.450. The number of hydrogen-bond donors (Lipinski definition) is 0. The summed E-state index contributed by atoms with van der Waals surface area (Å²) in [5.74, 6) is 2.09. The number of esters is 2. The van der Waals surface area contributed by atoms with Crippen LogP contribution in [-0.2, 0) is 16.1 Å². The largest absolute Gasteiger partial charge is 0.494 e. The Kier molecular flexibility index (Phi) is 18.3. The van der Waals surface area contributed by atoms with E-state index in [0.29, 0.717) is 31.1 Å². The Morgan fingerprint density at radius 2 is 1.00 bits per heavy atom. The highest BCUT2D eigenvalue weighted by Crippen LogP contribution is 2.21. The number of hydrogen-bond acceptors (Lipinski definition) is 7. The van der Waals surface area contributed by atoms with Gasteiger partial charge >= 0.3 is 11.9 Å². The van der Waals surface area contributed by atoms with Gasteiger partial charge in [0.05, 0.1) is 25.4 Å². The third kappa shape index (κ3) is 16.2. The molecular formula is C40H52O7. The van der Waals surface area contributed by atoms with Crippen LogP contribution in [0.4, 0.5) is 0 Å². The first-order valence-electron chi connectivity index (χ1n) is 17.3. The Morgan fingerprint density at radius 1 is 0.553 bits per heavy atom. The summed E-state index contributed by atoms with van der Waals surface area (Å²) < 4.78 is 28.1. The maximum Gasteiger partial charge on any atom is 0.343 e. The Hall–Kier alpha value is -4.26. The van der Waals surface area contributed by atoms with Gasteiger partial charge in [0.2, 0.25) is 0 Å². The van der Waals surface area contributed by atoms with E-state index in [-0.39, 0.29) is 5.97 Å². The molecule has 0 N–H and O–H groups in total. The number of rotatable bonds is 25. The van der Waals surface area contributed by atoms with Gasteiger partial charge in [-0.3, -0.25) is 0 Å². The first-order valence-corrected chi connectivity index (χ1v) is 17.3. The van der Waals surface area contributed by atoms with Gasteiger partial charge < -0.3 is 23.7 Å². The average molecular weight is 645 g/mol. The molecule has 3 aromatic rings. The van der Waals surface area contributed by atoms with E-state index >= 15 is 0 Å². The molecule has 0 spiro atoms. The van der Waals surface area contributed by atoms with Crippen LogP contribution in [0.1, 0.15) is 106 Å². The second kappa shape index (κ2) is 23.1. The van der Waals surface area contributed by atoms with Crippen LogP contribution in [0.25, 0.3) is 0 Å². The molecule has 7 nitrogen and oxygen atoms in total. The van der Waals surface area contributed by atoms with Gasteiger partial charge in [-0.15, -0.1) is 0 Å². The van der Waals surface area contributed by atoms with Crippen LogP contribution in [0.5, 0.6) is 23.0 Å². The number of carbonyl (C=O) groups excluding carboxylic acids is 2. The van der Waals surface area contributed by atoms with Crippen molar-refractivity contribution in [3.8, 4) is 23.0 Å². The molecule has 0 atom stereocenters. The third-order valence-electron chi connectivity index (χ3n) is 7.69. The average Bonchev–Trinajstić information content (AvgIpc) is 3.10. The summed E-state index contributed by atoms with van der Waals surface area (Å²) in [6, 6.07) is 22.1. The normalized spacial score (nSPS) is 10.7. The molecule has 7 heteroatoms. The Morgan fingerprint density at radius 3 is 1.53 bits per heavy atom. The maximum atomic E-state index is 12.7. The smallest absolute Gasteiger partial charge is 0.343 e. The summed E-state index contributed by atoms with van der Waals surface area (Å²) in [6.07, 6.45) is 16.1. The lowest BCUT2D eigenvalue weighted by Gasteiger charge is -2.10. The minimum absolute atomic E-state index is 0.343. The van der Waals surface area contributed by atoms with Gasteiger partial charge in [0.15, 0.2) is 0 Å². The molecule has 0 aliphatic carbocycles. The third-order valence-corrected chi connectivity index (χ3v) is 7.69. The van der Waals surface area contributed by atoms with Gasteiger partial charge in [0.1, 0.15) is 29.6 Å². The molecule has 254 valence electrons. The SMILES string of the molecule is C=CC(=O)OCCCCCCCCCCCOc1ccc(C(=O)Oc2ccc(COc3ccc(OCCCCCC)cc3)cc2)cc1. The van der Waals surface area contributed by atoms with Crippen LogP contribution >= 0.6 is 0 Å². The van der Waals surface area contributed by atoms with Crippen LogP contribution in [0.3, 0.4) is 0 Å². The van der Waals surface area contributed by atoms with Crippen molar-refractivity contribution >= 4 is 11.9 Å². The van der Waals surface area contributed by atoms with Gasteiger partial charge in [-0.1, -0.05) is 89.8 Å². The van der Waals surface area contributed by atoms with E-state index < -0.39 is 5.97 Å². The van der Waals surface area contributed by atoms with Crippen molar-refractivity contribution in [2.45, 2.75) is 97.0 Å². The predicted molar refractivity (Wildman–Crippen MR) is 186 cm³/mol. The van der Waals surface area contributed by atoms with E-state index in [9.17, 15) is 9.59 Å². The molecule has 0 aliphatic heterocycles. The van der Waals surface area contributed by atoms with Gasteiger partial charge in [-0.2, -0.15) is 0 Å². The lowest BCUT2D eigenvalue weighted by Crippen LogP contribution is -2.08. The van der Waals surface area contributed by atoms with Crippen molar-refractivity contribution in [3.63, 3.8) is 0 Å². The fourth-order valence-corrected chi connectivity index (χ4v) is 4.89. The molecule has 0 saturated heterocycles. The molecule has 0 saturated carbocycles. The van der Waals surface area contributed by atoms with Gasteiger partial charge in [0, 0.05) is 6.08 Å².